The Morgan fingerprint density at radius 1 is 0.878 bits per heavy atom. The minimum atomic E-state index is -0.496. The SMILES string of the molecule is CC(C)C[C@@H]1NC(=O)CCCN(C(=O)c2cccc(CN)c2)CCCNC(=O)c2csc(n2)[C@H](Cc2ccccc2)NC(=O)c2csc1n2. The molecule has 1 aliphatic heterocycles. The molecule has 0 aliphatic carbocycles. The fourth-order valence-electron chi connectivity index (χ4n) is 5.67. The average molecular weight is 702 g/mol. The van der Waals surface area contributed by atoms with E-state index in [0.29, 0.717) is 67.4 Å². The number of carbonyl (C=O) groups is 4. The van der Waals surface area contributed by atoms with E-state index in [1.807, 2.05) is 42.5 Å². The van der Waals surface area contributed by atoms with Gasteiger partial charge in [-0.05, 0) is 54.9 Å². The number of carbonyl (C=O) groups excluding carboxylic acids is 4. The van der Waals surface area contributed by atoms with E-state index in [4.69, 9.17) is 5.73 Å². The van der Waals surface area contributed by atoms with Gasteiger partial charge in [-0.1, -0.05) is 56.3 Å². The fraction of sp³-hybridized carbons (Fsp3) is 0.389. The molecule has 4 amide bonds. The predicted octanol–water partition coefficient (Wildman–Crippen LogP) is 5.03. The van der Waals surface area contributed by atoms with Crippen LogP contribution in [-0.4, -0.2) is 58.1 Å². The van der Waals surface area contributed by atoms with Crippen LogP contribution in [0.15, 0.2) is 65.4 Å². The highest BCUT2D eigenvalue weighted by atomic mass is 32.1. The van der Waals surface area contributed by atoms with E-state index in [9.17, 15) is 19.2 Å². The van der Waals surface area contributed by atoms with Crippen LogP contribution >= 0.6 is 22.7 Å². The molecule has 0 fully saturated rings. The number of rotatable bonds is 6. The van der Waals surface area contributed by atoms with Gasteiger partial charge in [-0.3, -0.25) is 19.2 Å². The maximum atomic E-state index is 13.6. The summed E-state index contributed by atoms with van der Waals surface area (Å²) in [5.41, 5.74) is 8.74. The van der Waals surface area contributed by atoms with Crippen LogP contribution in [0.3, 0.4) is 0 Å². The van der Waals surface area contributed by atoms with Crippen LogP contribution in [0.5, 0.6) is 0 Å². The lowest BCUT2D eigenvalue weighted by atomic mass is 10.0. The molecular formula is C36H43N7O4S2. The monoisotopic (exact) mass is 701 g/mol. The standard InChI is InChI=1S/C36H43N7O4S2/c1-23(2)17-27-34-42-30(22-49-34)33(46)40-28(19-24-9-4-3-5-10-24)35-41-29(21-48-35)32(45)38-14-8-16-43(15-7-13-31(44)39-27)36(47)26-12-6-11-25(18-26)20-37/h3-6,9-12,18,21-23,27-28H,7-8,13-17,19-20,37H2,1-2H3,(H,38,45)(H,39,44)(H,40,46)/t27-,28-/m0/s1. The van der Waals surface area contributed by atoms with E-state index in [1.165, 1.54) is 22.7 Å². The third-order valence-electron chi connectivity index (χ3n) is 8.15. The number of thiazole rings is 2. The van der Waals surface area contributed by atoms with E-state index < -0.39 is 6.04 Å². The van der Waals surface area contributed by atoms with Gasteiger partial charge in [-0.2, -0.15) is 0 Å². The molecule has 258 valence electrons. The first-order valence-electron chi connectivity index (χ1n) is 16.6. The van der Waals surface area contributed by atoms with Crippen LogP contribution in [0.25, 0.3) is 0 Å². The number of nitrogens with zero attached hydrogens (tertiary/aromatic N) is 3. The smallest absolute Gasteiger partial charge is 0.271 e. The number of amides is 4. The van der Waals surface area contributed by atoms with Crippen molar-refractivity contribution < 1.29 is 19.2 Å². The Labute approximate surface area is 294 Å². The molecule has 49 heavy (non-hydrogen) atoms. The van der Waals surface area contributed by atoms with Gasteiger partial charge < -0.3 is 26.6 Å². The molecule has 0 saturated heterocycles. The van der Waals surface area contributed by atoms with E-state index in [0.717, 1.165) is 11.1 Å². The van der Waals surface area contributed by atoms with Crippen molar-refractivity contribution in [3.05, 3.63) is 103 Å². The Bertz CT molecular complexity index is 1740. The Hall–Kier alpha value is -4.46. The van der Waals surface area contributed by atoms with E-state index in [1.54, 1.807) is 27.8 Å². The van der Waals surface area contributed by atoms with Gasteiger partial charge in [0.1, 0.15) is 21.4 Å². The molecule has 0 spiro atoms. The molecule has 3 heterocycles. The van der Waals surface area contributed by atoms with Crippen molar-refractivity contribution >= 4 is 46.3 Å². The average Bonchev–Trinajstić information content (AvgIpc) is 3.80. The maximum absolute atomic E-state index is 13.6. The number of fused-ring (bicyclic) bond motifs is 4. The second-order valence-corrected chi connectivity index (χ2v) is 14.3. The second kappa shape index (κ2) is 17.3. The molecule has 2 aromatic carbocycles. The Balaban J connectivity index is 1.41. The molecule has 13 heteroatoms. The summed E-state index contributed by atoms with van der Waals surface area (Å²) in [6.07, 6.45) is 2.30. The largest absolute Gasteiger partial charge is 0.351 e. The lowest BCUT2D eigenvalue weighted by Gasteiger charge is -2.24. The highest BCUT2D eigenvalue weighted by Crippen LogP contribution is 2.27. The van der Waals surface area contributed by atoms with E-state index >= 15 is 0 Å². The third kappa shape index (κ3) is 10.0. The molecule has 2 aromatic heterocycles. The quantitative estimate of drug-likeness (QED) is 0.219. The number of nitrogens with two attached hydrogens (primary N) is 1. The van der Waals surface area contributed by atoms with Crippen molar-refractivity contribution in [2.24, 2.45) is 11.7 Å². The van der Waals surface area contributed by atoms with Crippen LogP contribution in [0.1, 0.15) is 104 Å². The maximum Gasteiger partial charge on any atom is 0.271 e. The number of nitrogens with one attached hydrogen (secondary N) is 3. The lowest BCUT2D eigenvalue weighted by Crippen LogP contribution is -2.36. The van der Waals surface area contributed by atoms with Crippen molar-refractivity contribution in [2.75, 3.05) is 19.6 Å². The van der Waals surface area contributed by atoms with Gasteiger partial charge in [0.25, 0.3) is 17.7 Å². The molecule has 11 nitrogen and oxygen atoms in total. The minimum absolute atomic E-state index is 0.148. The van der Waals surface area contributed by atoms with E-state index in [-0.39, 0.29) is 53.4 Å². The molecular weight excluding hydrogens is 659 g/mol. The summed E-state index contributed by atoms with van der Waals surface area (Å²) in [5, 5.41) is 13.8. The summed E-state index contributed by atoms with van der Waals surface area (Å²) in [5.74, 6) is -0.719. The zero-order chi connectivity index (χ0) is 34.8. The Morgan fingerprint density at radius 2 is 1.55 bits per heavy atom. The fourth-order valence-corrected chi connectivity index (χ4v) is 7.38. The first-order chi connectivity index (χ1) is 23.7. The summed E-state index contributed by atoms with van der Waals surface area (Å²) in [7, 11) is 0. The molecule has 0 saturated carbocycles. The number of hydrogen-bond acceptors (Lipinski definition) is 9. The number of hydrogen-bond donors (Lipinski definition) is 4. The van der Waals surface area contributed by atoms with Crippen LogP contribution in [-0.2, 0) is 17.8 Å². The Morgan fingerprint density at radius 3 is 2.27 bits per heavy atom. The first-order valence-corrected chi connectivity index (χ1v) is 18.4. The van der Waals surface area contributed by atoms with Crippen molar-refractivity contribution in [2.45, 2.75) is 64.6 Å². The lowest BCUT2D eigenvalue weighted by molar-refractivity contribution is -0.122. The topological polar surface area (TPSA) is 159 Å². The van der Waals surface area contributed by atoms with Gasteiger partial charge in [0.15, 0.2) is 0 Å². The molecule has 4 bridgehead atoms. The number of aromatic nitrogens is 2. The van der Waals surface area contributed by atoms with E-state index in [2.05, 4.69) is 39.8 Å². The number of benzene rings is 2. The van der Waals surface area contributed by atoms with Crippen LogP contribution in [0, 0.1) is 5.92 Å². The van der Waals surface area contributed by atoms with Gasteiger partial charge >= 0.3 is 0 Å². The highest BCUT2D eigenvalue weighted by Gasteiger charge is 2.26. The van der Waals surface area contributed by atoms with Gasteiger partial charge in [-0.15, -0.1) is 22.7 Å². The Kier molecular flexibility index (Phi) is 12.6. The van der Waals surface area contributed by atoms with Crippen LogP contribution in [0.4, 0.5) is 0 Å². The highest BCUT2D eigenvalue weighted by molar-refractivity contribution is 7.10. The molecule has 0 radical (unpaired) electrons. The first kappa shape index (κ1) is 35.8. The second-order valence-electron chi connectivity index (χ2n) is 12.5. The molecule has 1 aliphatic rings. The summed E-state index contributed by atoms with van der Waals surface area (Å²) in [6.45, 7) is 5.55. The minimum Gasteiger partial charge on any atom is -0.351 e. The van der Waals surface area contributed by atoms with Crippen molar-refractivity contribution in [1.29, 1.82) is 0 Å². The van der Waals surface area contributed by atoms with Gasteiger partial charge in [0.2, 0.25) is 5.91 Å². The van der Waals surface area contributed by atoms with Crippen molar-refractivity contribution in [1.82, 2.24) is 30.8 Å². The van der Waals surface area contributed by atoms with Crippen molar-refractivity contribution in [3.8, 4) is 0 Å². The zero-order valence-electron chi connectivity index (χ0n) is 27.8. The van der Waals surface area contributed by atoms with Crippen molar-refractivity contribution in [3.63, 3.8) is 0 Å². The summed E-state index contributed by atoms with van der Waals surface area (Å²) < 4.78 is 0. The predicted molar refractivity (Wildman–Crippen MR) is 191 cm³/mol. The third-order valence-corrected chi connectivity index (χ3v) is 10.1. The molecule has 0 unspecified atom stereocenters. The molecule has 5 N–H and O–H groups in total. The normalized spacial score (nSPS) is 18.3. The van der Waals surface area contributed by atoms with Gasteiger partial charge in [0, 0.05) is 48.9 Å². The molecule has 5 rings (SSSR count). The van der Waals surface area contributed by atoms with Crippen LogP contribution in [0.2, 0.25) is 0 Å². The molecule has 4 aromatic rings. The summed E-state index contributed by atoms with van der Waals surface area (Å²) in [6, 6.07) is 16.2. The molecule has 2 atom stereocenters. The summed E-state index contributed by atoms with van der Waals surface area (Å²) >= 11 is 2.65. The zero-order valence-corrected chi connectivity index (χ0v) is 29.4. The van der Waals surface area contributed by atoms with Gasteiger partial charge in [0.05, 0.1) is 12.1 Å². The van der Waals surface area contributed by atoms with Gasteiger partial charge in [-0.25, -0.2) is 9.97 Å². The summed E-state index contributed by atoms with van der Waals surface area (Å²) in [4.78, 5) is 64.5. The van der Waals surface area contributed by atoms with Crippen LogP contribution < -0.4 is 21.7 Å².